The predicted molar refractivity (Wildman–Crippen MR) is 83.9 cm³/mol. The summed E-state index contributed by atoms with van der Waals surface area (Å²) in [5, 5.41) is 6.64. The molecule has 2 N–H and O–H groups in total. The van der Waals surface area contributed by atoms with Crippen molar-refractivity contribution in [1.29, 1.82) is 0 Å². The highest BCUT2D eigenvalue weighted by atomic mass is 32.1. The number of thiocarbonyl (C=S) groups is 1. The Labute approximate surface area is 129 Å². The van der Waals surface area contributed by atoms with E-state index in [-0.39, 0.29) is 12.0 Å². The van der Waals surface area contributed by atoms with E-state index in [4.69, 9.17) is 21.7 Å². The fourth-order valence-electron chi connectivity index (χ4n) is 2.32. The molecular weight excluding hydrogens is 288 g/mol. The van der Waals surface area contributed by atoms with Crippen LogP contribution in [-0.2, 0) is 9.53 Å². The van der Waals surface area contributed by atoms with Gasteiger partial charge < -0.3 is 20.1 Å². The van der Waals surface area contributed by atoms with Gasteiger partial charge in [-0.05, 0) is 36.3 Å². The zero-order chi connectivity index (χ0) is 15.4. The lowest BCUT2D eigenvalue weighted by molar-refractivity contribution is -0.136. The SMILES string of the molecule is CCC1=C(C(=O)OC)[C@@H](c2cccc(OC)c2)NC(=S)N1. The van der Waals surface area contributed by atoms with E-state index in [0.29, 0.717) is 17.1 Å². The number of carbonyl (C=O) groups excluding carboxylic acids is 1. The predicted octanol–water partition coefficient (Wildman–Crippen LogP) is 2.05. The Morgan fingerprint density at radius 2 is 2.14 bits per heavy atom. The lowest BCUT2D eigenvalue weighted by Crippen LogP contribution is -2.45. The average Bonchev–Trinajstić information content (AvgIpc) is 2.53. The molecule has 1 aliphatic rings. The summed E-state index contributed by atoms with van der Waals surface area (Å²) in [5.74, 6) is 0.350. The number of hydrogen-bond acceptors (Lipinski definition) is 4. The van der Waals surface area contributed by atoms with Crippen molar-refractivity contribution in [2.75, 3.05) is 14.2 Å². The van der Waals surface area contributed by atoms with E-state index in [9.17, 15) is 4.79 Å². The van der Waals surface area contributed by atoms with Gasteiger partial charge in [-0.2, -0.15) is 0 Å². The molecule has 0 saturated heterocycles. The molecule has 0 fully saturated rings. The van der Waals surface area contributed by atoms with Gasteiger partial charge in [-0.25, -0.2) is 4.79 Å². The van der Waals surface area contributed by atoms with Gasteiger partial charge in [-0.1, -0.05) is 19.1 Å². The van der Waals surface area contributed by atoms with Crippen molar-refractivity contribution < 1.29 is 14.3 Å². The second-order valence-corrected chi connectivity index (χ2v) is 4.95. The van der Waals surface area contributed by atoms with Crippen molar-refractivity contribution in [3.63, 3.8) is 0 Å². The summed E-state index contributed by atoms with van der Waals surface area (Å²) >= 11 is 5.22. The summed E-state index contributed by atoms with van der Waals surface area (Å²) < 4.78 is 10.2. The fraction of sp³-hybridized carbons (Fsp3) is 0.333. The standard InChI is InChI=1S/C15H18N2O3S/c1-4-11-12(14(18)20-3)13(17-15(21)16-11)9-6-5-7-10(8-9)19-2/h5-8,13H,4H2,1-3H3,(H2,16,17,21)/t13-/m1/s1. The van der Waals surface area contributed by atoms with E-state index in [2.05, 4.69) is 10.6 Å². The first-order valence-electron chi connectivity index (χ1n) is 6.63. The molecule has 5 nitrogen and oxygen atoms in total. The maximum Gasteiger partial charge on any atom is 0.337 e. The number of nitrogens with one attached hydrogen (secondary N) is 2. The summed E-state index contributed by atoms with van der Waals surface area (Å²) in [5.41, 5.74) is 2.21. The Morgan fingerprint density at radius 3 is 2.76 bits per heavy atom. The van der Waals surface area contributed by atoms with E-state index < -0.39 is 0 Å². The second-order valence-electron chi connectivity index (χ2n) is 4.55. The summed E-state index contributed by atoms with van der Waals surface area (Å²) in [6.45, 7) is 1.96. The van der Waals surface area contributed by atoms with E-state index in [1.165, 1.54) is 7.11 Å². The molecule has 0 bridgehead atoms. The number of methoxy groups -OCH3 is 2. The van der Waals surface area contributed by atoms with Crippen molar-refractivity contribution in [2.45, 2.75) is 19.4 Å². The molecule has 6 heteroatoms. The van der Waals surface area contributed by atoms with Crippen LogP contribution < -0.4 is 15.4 Å². The molecule has 0 saturated carbocycles. The number of rotatable bonds is 4. The molecule has 21 heavy (non-hydrogen) atoms. The molecule has 0 amide bonds. The lowest BCUT2D eigenvalue weighted by Gasteiger charge is -2.30. The van der Waals surface area contributed by atoms with Crippen LogP contribution in [-0.4, -0.2) is 25.3 Å². The molecule has 1 aromatic rings. The molecule has 0 unspecified atom stereocenters. The van der Waals surface area contributed by atoms with Crippen molar-refractivity contribution >= 4 is 23.3 Å². The van der Waals surface area contributed by atoms with Crippen LogP contribution in [0, 0.1) is 0 Å². The van der Waals surface area contributed by atoms with Gasteiger partial charge >= 0.3 is 5.97 Å². The van der Waals surface area contributed by atoms with Crippen molar-refractivity contribution in [3.8, 4) is 5.75 Å². The topological polar surface area (TPSA) is 59.6 Å². The molecular formula is C15H18N2O3S. The Kier molecular flexibility index (Phi) is 4.80. The Bertz CT molecular complexity index is 598. The minimum atomic E-state index is -0.373. The largest absolute Gasteiger partial charge is 0.497 e. The van der Waals surface area contributed by atoms with Crippen LogP contribution in [0.15, 0.2) is 35.5 Å². The third kappa shape index (κ3) is 3.16. The van der Waals surface area contributed by atoms with Gasteiger partial charge in [0.25, 0.3) is 0 Å². The Morgan fingerprint density at radius 1 is 1.38 bits per heavy atom. The molecule has 0 spiro atoms. The average molecular weight is 306 g/mol. The normalized spacial score (nSPS) is 17.9. The lowest BCUT2D eigenvalue weighted by atomic mass is 9.94. The van der Waals surface area contributed by atoms with E-state index in [0.717, 1.165) is 17.0 Å². The quantitative estimate of drug-likeness (QED) is 0.656. The van der Waals surface area contributed by atoms with E-state index >= 15 is 0 Å². The Hall–Kier alpha value is -2.08. The first-order valence-corrected chi connectivity index (χ1v) is 7.04. The minimum absolute atomic E-state index is 0.351. The zero-order valence-electron chi connectivity index (χ0n) is 12.2. The van der Waals surface area contributed by atoms with Gasteiger partial charge in [0.1, 0.15) is 5.75 Å². The van der Waals surface area contributed by atoms with Crippen molar-refractivity contribution in [1.82, 2.24) is 10.6 Å². The summed E-state index contributed by atoms with van der Waals surface area (Å²) in [6.07, 6.45) is 0.659. The van der Waals surface area contributed by atoms with Gasteiger partial charge in [-0.3, -0.25) is 0 Å². The number of benzene rings is 1. The number of hydrogen-bond donors (Lipinski definition) is 2. The van der Waals surface area contributed by atoms with Crippen LogP contribution in [0.4, 0.5) is 0 Å². The van der Waals surface area contributed by atoms with Crippen LogP contribution >= 0.6 is 12.2 Å². The van der Waals surface area contributed by atoms with Crippen LogP contribution in [0.2, 0.25) is 0 Å². The molecule has 2 rings (SSSR count). The first kappa shape index (κ1) is 15.3. The molecule has 1 aromatic carbocycles. The van der Waals surface area contributed by atoms with E-state index in [1.54, 1.807) is 7.11 Å². The van der Waals surface area contributed by atoms with Gasteiger partial charge in [0.2, 0.25) is 0 Å². The fourth-order valence-corrected chi connectivity index (χ4v) is 2.56. The van der Waals surface area contributed by atoms with Crippen LogP contribution in [0.5, 0.6) is 5.75 Å². The second kappa shape index (κ2) is 6.58. The van der Waals surface area contributed by atoms with Gasteiger partial charge in [0, 0.05) is 5.70 Å². The summed E-state index contributed by atoms with van der Waals surface area (Å²) in [6, 6.07) is 7.18. The third-order valence-electron chi connectivity index (χ3n) is 3.34. The molecule has 1 heterocycles. The van der Waals surface area contributed by atoms with Gasteiger partial charge in [0.05, 0.1) is 25.8 Å². The van der Waals surface area contributed by atoms with Crippen LogP contribution in [0.1, 0.15) is 24.9 Å². The van der Waals surface area contributed by atoms with Crippen molar-refractivity contribution in [2.24, 2.45) is 0 Å². The minimum Gasteiger partial charge on any atom is -0.497 e. The van der Waals surface area contributed by atoms with Crippen LogP contribution in [0.3, 0.4) is 0 Å². The van der Waals surface area contributed by atoms with Gasteiger partial charge in [-0.15, -0.1) is 0 Å². The highest BCUT2D eigenvalue weighted by Gasteiger charge is 2.31. The number of allylic oxidation sites excluding steroid dienone is 1. The summed E-state index contributed by atoms with van der Waals surface area (Å²) in [4.78, 5) is 12.1. The smallest absolute Gasteiger partial charge is 0.337 e. The molecule has 0 radical (unpaired) electrons. The molecule has 0 aliphatic carbocycles. The third-order valence-corrected chi connectivity index (χ3v) is 3.56. The molecule has 0 aromatic heterocycles. The zero-order valence-corrected chi connectivity index (χ0v) is 13.0. The first-order chi connectivity index (χ1) is 10.1. The molecule has 112 valence electrons. The molecule has 1 aliphatic heterocycles. The van der Waals surface area contributed by atoms with Crippen LogP contribution in [0.25, 0.3) is 0 Å². The monoisotopic (exact) mass is 306 g/mol. The summed E-state index contributed by atoms with van der Waals surface area (Å²) in [7, 11) is 2.98. The van der Waals surface area contributed by atoms with Gasteiger partial charge in [0.15, 0.2) is 5.11 Å². The highest BCUT2D eigenvalue weighted by Crippen LogP contribution is 2.30. The van der Waals surface area contributed by atoms with E-state index in [1.807, 2.05) is 31.2 Å². The maximum atomic E-state index is 12.1. The van der Waals surface area contributed by atoms with Crippen molar-refractivity contribution in [3.05, 3.63) is 41.1 Å². The number of ether oxygens (including phenoxy) is 2. The maximum absolute atomic E-state index is 12.1. The Balaban J connectivity index is 2.51. The highest BCUT2D eigenvalue weighted by molar-refractivity contribution is 7.80. The number of esters is 1. The number of carbonyl (C=O) groups is 1. The molecule has 1 atom stereocenters.